The van der Waals surface area contributed by atoms with E-state index in [1.54, 1.807) is 7.05 Å². The predicted molar refractivity (Wildman–Crippen MR) is 141 cm³/mol. The van der Waals surface area contributed by atoms with Crippen molar-refractivity contribution >= 4 is 47.6 Å². The van der Waals surface area contributed by atoms with Gasteiger partial charge in [-0.25, -0.2) is 4.79 Å². The smallest absolute Gasteiger partial charge is 0.408 e. The number of guanidine groups is 1. The third-order valence-electron chi connectivity index (χ3n) is 4.64. The fourth-order valence-corrected chi connectivity index (χ4v) is 3.10. The fraction of sp³-hybridized carbons (Fsp3) is 0.609. The Morgan fingerprint density at radius 3 is 2.52 bits per heavy atom. The van der Waals surface area contributed by atoms with Crippen LogP contribution in [0.15, 0.2) is 29.3 Å². The van der Waals surface area contributed by atoms with Gasteiger partial charge in [-0.1, -0.05) is 12.1 Å². The number of aliphatic imine (C=N–C) groups is 1. The second-order valence-corrected chi connectivity index (χ2v) is 9.48. The Morgan fingerprint density at radius 1 is 1.18 bits per heavy atom. The van der Waals surface area contributed by atoms with E-state index in [-0.39, 0.29) is 36.0 Å². The fourth-order valence-electron chi connectivity index (χ4n) is 3.10. The minimum atomic E-state index is -0.552. The first-order valence-electron chi connectivity index (χ1n) is 10.9. The van der Waals surface area contributed by atoms with Crippen LogP contribution in [-0.2, 0) is 20.8 Å². The first kappa shape index (κ1) is 29.0. The van der Waals surface area contributed by atoms with E-state index in [1.165, 1.54) is 0 Å². The third kappa shape index (κ3) is 11.1. The number of amides is 2. The largest absolute Gasteiger partial charge is 0.444 e. The maximum absolute atomic E-state index is 12.3. The molecule has 186 valence electrons. The van der Waals surface area contributed by atoms with Gasteiger partial charge in [0.25, 0.3) is 5.91 Å². The van der Waals surface area contributed by atoms with Crippen molar-refractivity contribution in [1.29, 1.82) is 0 Å². The molecular formula is C23H38IN5O4. The van der Waals surface area contributed by atoms with Gasteiger partial charge in [-0.3, -0.25) is 9.79 Å². The number of rotatable bonds is 7. The van der Waals surface area contributed by atoms with Crippen LogP contribution in [0.25, 0.3) is 0 Å². The van der Waals surface area contributed by atoms with Crippen LogP contribution in [0, 0.1) is 0 Å². The van der Waals surface area contributed by atoms with Crippen molar-refractivity contribution in [1.82, 2.24) is 16.0 Å². The lowest BCUT2D eigenvalue weighted by Crippen LogP contribution is -2.54. The lowest BCUT2D eigenvalue weighted by molar-refractivity contribution is -0.124. The van der Waals surface area contributed by atoms with Gasteiger partial charge in [0.15, 0.2) is 5.96 Å². The highest BCUT2D eigenvalue weighted by molar-refractivity contribution is 14.0. The van der Waals surface area contributed by atoms with E-state index in [0.717, 1.165) is 24.1 Å². The number of nitrogens with one attached hydrogen (secondary N) is 4. The third-order valence-corrected chi connectivity index (χ3v) is 4.64. The summed E-state index contributed by atoms with van der Waals surface area (Å²) in [6.45, 7) is 10.9. The van der Waals surface area contributed by atoms with Gasteiger partial charge in [-0.2, -0.15) is 0 Å². The van der Waals surface area contributed by atoms with E-state index in [4.69, 9.17) is 9.47 Å². The second-order valence-electron chi connectivity index (χ2n) is 9.48. The van der Waals surface area contributed by atoms with Gasteiger partial charge in [0.1, 0.15) is 11.7 Å². The second kappa shape index (κ2) is 13.0. The Morgan fingerprint density at radius 2 is 1.91 bits per heavy atom. The Hall–Kier alpha value is -2.08. The van der Waals surface area contributed by atoms with Crippen molar-refractivity contribution in [2.45, 2.75) is 71.2 Å². The summed E-state index contributed by atoms with van der Waals surface area (Å²) in [5.41, 5.74) is 0.621. The summed E-state index contributed by atoms with van der Waals surface area (Å²) in [4.78, 5) is 28.5. The molecule has 0 spiro atoms. The molecule has 0 saturated carbocycles. The molecule has 1 aliphatic rings. The average molecular weight is 575 g/mol. The minimum absolute atomic E-state index is 0. The molecule has 33 heavy (non-hydrogen) atoms. The van der Waals surface area contributed by atoms with Crippen molar-refractivity contribution in [2.24, 2.45) is 4.99 Å². The Kier molecular flexibility index (Phi) is 11.4. The molecule has 1 saturated heterocycles. The Labute approximate surface area is 213 Å². The molecule has 1 unspecified atom stereocenters. The summed E-state index contributed by atoms with van der Waals surface area (Å²) in [6.07, 6.45) is 0.846. The summed E-state index contributed by atoms with van der Waals surface area (Å²) in [6, 6.07) is 7.64. The minimum Gasteiger partial charge on any atom is -0.444 e. The molecule has 1 aromatic carbocycles. The van der Waals surface area contributed by atoms with Crippen molar-refractivity contribution in [3.8, 4) is 0 Å². The Balaban J connectivity index is 0.00000544. The van der Waals surface area contributed by atoms with Crippen LogP contribution in [0.1, 0.15) is 53.0 Å². The summed E-state index contributed by atoms with van der Waals surface area (Å²) in [7, 11) is 1.68. The van der Waals surface area contributed by atoms with E-state index < -0.39 is 17.2 Å². The van der Waals surface area contributed by atoms with Crippen LogP contribution < -0.4 is 21.3 Å². The van der Waals surface area contributed by atoms with E-state index in [2.05, 4.69) is 26.3 Å². The molecule has 4 N–H and O–H groups in total. The van der Waals surface area contributed by atoms with Gasteiger partial charge >= 0.3 is 6.09 Å². The number of carbonyl (C=O) groups excluding carboxylic acids is 2. The molecule has 10 heteroatoms. The van der Waals surface area contributed by atoms with Gasteiger partial charge < -0.3 is 30.7 Å². The number of benzene rings is 1. The molecular weight excluding hydrogens is 537 g/mol. The zero-order valence-corrected chi connectivity index (χ0v) is 22.7. The normalized spacial score (nSPS) is 16.4. The summed E-state index contributed by atoms with van der Waals surface area (Å²) in [5, 5.41) is 12.2. The van der Waals surface area contributed by atoms with Crippen LogP contribution >= 0.6 is 24.0 Å². The number of anilines is 1. The monoisotopic (exact) mass is 575 g/mol. The molecule has 2 amide bonds. The molecule has 0 aliphatic carbocycles. The van der Waals surface area contributed by atoms with E-state index in [0.29, 0.717) is 25.7 Å². The van der Waals surface area contributed by atoms with Crippen LogP contribution in [0.5, 0.6) is 0 Å². The number of hydrogen-bond donors (Lipinski definition) is 4. The highest BCUT2D eigenvalue weighted by atomic mass is 127. The van der Waals surface area contributed by atoms with E-state index >= 15 is 0 Å². The zero-order valence-electron chi connectivity index (χ0n) is 20.4. The molecule has 0 bridgehead atoms. The summed E-state index contributed by atoms with van der Waals surface area (Å²) in [5.74, 6) is 0.489. The van der Waals surface area contributed by atoms with E-state index in [9.17, 15) is 9.59 Å². The zero-order chi connectivity index (χ0) is 23.8. The topological polar surface area (TPSA) is 113 Å². The molecule has 0 radical (unpaired) electrons. The lowest BCUT2D eigenvalue weighted by Gasteiger charge is -2.29. The van der Waals surface area contributed by atoms with Gasteiger partial charge in [0.2, 0.25) is 0 Å². The van der Waals surface area contributed by atoms with Gasteiger partial charge in [-0.15, -0.1) is 24.0 Å². The number of halogens is 1. The highest BCUT2D eigenvalue weighted by Gasteiger charge is 2.25. The average Bonchev–Trinajstić information content (AvgIpc) is 3.21. The Bertz CT molecular complexity index is 817. The van der Waals surface area contributed by atoms with Crippen LogP contribution in [0.2, 0.25) is 0 Å². The molecule has 1 aliphatic heterocycles. The van der Waals surface area contributed by atoms with Crippen molar-refractivity contribution in [3.63, 3.8) is 0 Å². The van der Waals surface area contributed by atoms with Gasteiger partial charge in [-0.05, 0) is 65.2 Å². The van der Waals surface area contributed by atoms with E-state index in [1.807, 2.05) is 58.9 Å². The number of hydrogen-bond acceptors (Lipinski definition) is 5. The van der Waals surface area contributed by atoms with Crippen molar-refractivity contribution in [2.75, 3.05) is 25.5 Å². The van der Waals surface area contributed by atoms with Crippen molar-refractivity contribution in [3.05, 3.63) is 29.8 Å². The molecule has 1 heterocycles. The van der Waals surface area contributed by atoms with Crippen LogP contribution in [0.3, 0.4) is 0 Å². The number of alkyl carbamates (subject to hydrolysis) is 1. The maximum atomic E-state index is 12.3. The summed E-state index contributed by atoms with van der Waals surface area (Å²) >= 11 is 0. The van der Waals surface area contributed by atoms with Gasteiger partial charge in [0, 0.05) is 32.4 Å². The molecule has 9 nitrogen and oxygen atoms in total. The number of nitrogens with zero attached hydrogens (tertiary/aromatic N) is 1. The van der Waals surface area contributed by atoms with Crippen LogP contribution in [0.4, 0.5) is 10.5 Å². The van der Waals surface area contributed by atoms with Gasteiger partial charge in [0.05, 0.1) is 5.54 Å². The number of ether oxygens (including phenoxy) is 2. The standard InChI is InChI=1S/C23H37N5O4.HI/c1-22(2,3)32-21(30)28-23(4,5)15-26-20(24-6)25-14-16-9-7-10-17(13-16)27-19(29)18-11-8-12-31-18;/h7,9-10,13,18H,8,11-12,14-15H2,1-6H3,(H,27,29)(H,28,30)(H2,24,25,26);1H. The van der Waals surface area contributed by atoms with Crippen molar-refractivity contribution < 1.29 is 19.1 Å². The quantitative estimate of drug-likeness (QED) is 0.225. The molecule has 2 rings (SSSR count). The molecule has 1 fully saturated rings. The highest BCUT2D eigenvalue weighted by Crippen LogP contribution is 2.16. The molecule has 0 aromatic heterocycles. The predicted octanol–water partition coefficient (Wildman–Crippen LogP) is 3.39. The first-order chi connectivity index (χ1) is 15.0. The molecule has 1 atom stereocenters. The summed E-state index contributed by atoms with van der Waals surface area (Å²) < 4.78 is 10.8. The van der Waals surface area contributed by atoms with Crippen LogP contribution in [-0.4, -0.2) is 55.4 Å². The number of carbonyl (C=O) groups is 2. The maximum Gasteiger partial charge on any atom is 0.408 e. The SMILES string of the molecule is CN=C(NCc1cccc(NC(=O)C2CCCO2)c1)NCC(C)(C)NC(=O)OC(C)(C)C.I. The first-order valence-corrected chi connectivity index (χ1v) is 10.9. The molecule has 1 aromatic rings. The lowest BCUT2D eigenvalue weighted by atomic mass is 10.1.